The summed E-state index contributed by atoms with van der Waals surface area (Å²) >= 11 is 0. The van der Waals surface area contributed by atoms with E-state index >= 15 is 0 Å². The van der Waals surface area contributed by atoms with Gasteiger partial charge in [0.1, 0.15) is 5.75 Å². The molecule has 0 bridgehead atoms. The van der Waals surface area contributed by atoms with Gasteiger partial charge in [0.15, 0.2) is 5.65 Å². The van der Waals surface area contributed by atoms with E-state index in [4.69, 9.17) is 9.47 Å². The number of halogens is 3. The van der Waals surface area contributed by atoms with Gasteiger partial charge >= 0.3 is 11.9 Å². The Hall–Kier alpha value is -4.56. The molecule has 2 aromatic carbocycles. The number of nitrogens with zero attached hydrogens (tertiary/aromatic N) is 5. The number of hydrogen-bond donors (Lipinski definition) is 2. The van der Waals surface area contributed by atoms with Crippen molar-refractivity contribution in [2.24, 2.45) is 0 Å². The number of amides is 1. The summed E-state index contributed by atoms with van der Waals surface area (Å²) in [7, 11) is 1.42. The van der Waals surface area contributed by atoms with Crippen LogP contribution in [-0.4, -0.2) is 76.8 Å². The zero-order valence-corrected chi connectivity index (χ0v) is 23.6. The van der Waals surface area contributed by atoms with Crippen molar-refractivity contribution in [2.75, 3.05) is 57.1 Å². The third-order valence-corrected chi connectivity index (χ3v) is 6.94. The number of ether oxygens (including phenoxy) is 2. The summed E-state index contributed by atoms with van der Waals surface area (Å²) in [6.45, 7) is 5.84. The zero-order valence-electron chi connectivity index (χ0n) is 23.6. The summed E-state index contributed by atoms with van der Waals surface area (Å²) in [6, 6.07) is 8.78. The van der Waals surface area contributed by atoms with Gasteiger partial charge < -0.3 is 20.1 Å². The van der Waals surface area contributed by atoms with Gasteiger partial charge in [-0.2, -0.15) is 23.1 Å². The highest BCUT2D eigenvalue weighted by molar-refractivity contribution is 6.04. The van der Waals surface area contributed by atoms with Gasteiger partial charge in [-0.25, -0.2) is 9.78 Å². The standard InChI is InChI=1S/C29H30F3N7O4/c1-3-33-27-34-17-23-24(7-8-38-9-11-43-12-10-38)39(28(41)37-25(23)36-27)21-14-20(15-22(16-21)42-2)35-26(40)18-5-4-6-19(13-18)29(30,31)32/h4-6,13-17H,3,7-12H2,1-2H3,(H,35,40)(H,33,36,37,41). The fourth-order valence-corrected chi connectivity index (χ4v) is 4.83. The predicted molar refractivity (Wildman–Crippen MR) is 154 cm³/mol. The predicted octanol–water partition coefficient (Wildman–Crippen LogP) is 3.76. The monoisotopic (exact) mass is 597 g/mol. The molecule has 5 rings (SSSR count). The van der Waals surface area contributed by atoms with Crippen LogP contribution in [0.2, 0.25) is 0 Å². The fraction of sp³-hybridized carbons (Fsp3) is 0.345. The highest BCUT2D eigenvalue weighted by Crippen LogP contribution is 2.30. The highest BCUT2D eigenvalue weighted by atomic mass is 19.4. The first kappa shape index (κ1) is 29.9. The number of rotatable bonds is 9. The summed E-state index contributed by atoms with van der Waals surface area (Å²) < 4.78 is 52.0. The van der Waals surface area contributed by atoms with Gasteiger partial charge in [0, 0.05) is 67.9 Å². The van der Waals surface area contributed by atoms with Gasteiger partial charge in [-0.1, -0.05) is 6.07 Å². The third-order valence-electron chi connectivity index (χ3n) is 6.94. The normalized spacial score (nSPS) is 14.1. The zero-order chi connectivity index (χ0) is 30.6. The molecule has 2 N–H and O–H groups in total. The van der Waals surface area contributed by atoms with Crippen molar-refractivity contribution in [2.45, 2.75) is 19.5 Å². The molecule has 14 heteroatoms. The number of anilines is 2. The van der Waals surface area contributed by atoms with E-state index in [0.717, 1.165) is 25.2 Å². The first-order valence-corrected chi connectivity index (χ1v) is 13.7. The number of hydrogen-bond acceptors (Lipinski definition) is 9. The molecule has 43 heavy (non-hydrogen) atoms. The number of nitrogens with one attached hydrogen (secondary N) is 2. The topological polar surface area (TPSA) is 124 Å². The maximum Gasteiger partial charge on any atom is 0.416 e. The van der Waals surface area contributed by atoms with E-state index in [1.54, 1.807) is 12.3 Å². The van der Waals surface area contributed by atoms with Gasteiger partial charge in [0.25, 0.3) is 5.91 Å². The molecule has 1 saturated heterocycles. The lowest BCUT2D eigenvalue weighted by Crippen LogP contribution is -2.38. The number of aromatic nitrogens is 4. The summed E-state index contributed by atoms with van der Waals surface area (Å²) in [5.41, 5.74) is -0.326. The summed E-state index contributed by atoms with van der Waals surface area (Å²) in [5.74, 6) is -0.104. The van der Waals surface area contributed by atoms with E-state index < -0.39 is 23.3 Å². The van der Waals surface area contributed by atoms with Crippen molar-refractivity contribution in [1.82, 2.24) is 24.4 Å². The molecule has 1 aliphatic heterocycles. The number of alkyl halides is 3. The van der Waals surface area contributed by atoms with E-state index in [1.807, 2.05) is 6.92 Å². The first-order valence-electron chi connectivity index (χ1n) is 13.7. The lowest BCUT2D eigenvalue weighted by molar-refractivity contribution is -0.137. The number of carbonyl (C=O) groups is 1. The first-order chi connectivity index (χ1) is 20.7. The molecular formula is C29H30F3N7O4. The third kappa shape index (κ3) is 6.92. The van der Waals surface area contributed by atoms with Crippen molar-refractivity contribution in [1.29, 1.82) is 0 Å². The Labute approximate surface area is 244 Å². The number of fused-ring (bicyclic) bond motifs is 1. The Morgan fingerprint density at radius 2 is 1.91 bits per heavy atom. The molecule has 0 radical (unpaired) electrons. The van der Waals surface area contributed by atoms with Crippen LogP contribution in [0.25, 0.3) is 16.7 Å². The lowest BCUT2D eigenvalue weighted by atomic mass is 10.1. The van der Waals surface area contributed by atoms with Crippen LogP contribution >= 0.6 is 0 Å². The van der Waals surface area contributed by atoms with Crippen LogP contribution in [0.5, 0.6) is 5.75 Å². The Balaban J connectivity index is 1.56. The Morgan fingerprint density at radius 3 is 2.63 bits per heavy atom. The molecule has 0 saturated carbocycles. The smallest absolute Gasteiger partial charge is 0.416 e. The van der Waals surface area contributed by atoms with Crippen molar-refractivity contribution in [3.8, 4) is 11.4 Å². The second-order valence-electron chi connectivity index (χ2n) is 9.79. The average molecular weight is 598 g/mol. The number of benzene rings is 2. The molecule has 226 valence electrons. The Morgan fingerprint density at radius 1 is 1.12 bits per heavy atom. The van der Waals surface area contributed by atoms with Crippen molar-refractivity contribution >= 4 is 28.6 Å². The molecule has 0 unspecified atom stereocenters. The summed E-state index contributed by atoms with van der Waals surface area (Å²) in [4.78, 5) is 41.8. The van der Waals surface area contributed by atoms with Gasteiger partial charge in [-0.3, -0.25) is 14.3 Å². The van der Waals surface area contributed by atoms with Crippen LogP contribution in [0, 0.1) is 0 Å². The Bertz CT molecular complexity index is 1690. The highest BCUT2D eigenvalue weighted by Gasteiger charge is 2.31. The van der Waals surface area contributed by atoms with E-state index in [9.17, 15) is 22.8 Å². The summed E-state index contributed by atoms with van der Waals surface area (Å²) in [5, 5.41) is 6.22. The van der Waals surface area contributed by atoms with Crippen LogP contribution in [0.3, 0.4) is 0 Å². The van der Waals surface area contributed by atoms with Gasteiger partial charge in [0.2, 0.25) is 5.95 Å². The number of morpholine rings is 1. The van der Waals surface area contributed by atoms with E-state index in [-0.39, 0.29) is 16.9 Å². The minimum atomic E-state index is -4.60. The van der Waals surface area contributed by atoms with Crippen molar-refractivity contribution < 1.29 is 27.4 Å². The quantitative estimate of drug-likeness (QED) is 0.297. The molecule has 1 amide bonds. The van der Waals surface area contributed by atoms with E-state index in [1.165, 1.54) is 35.9 Å². The average Bonchev–Trinajstić information content (AvgIpc) is 2.99. The second-order valence-corrected chi connectivity index (χ2v) is 9.79. The van der Waals surface area contributed by atoms with Crippen molar-refractivity contribution in [3.63, 3.8) is 0 Å². The van der Waals surface area contributed by atoms with Crippen LogP contribution in [0.4, 0.5) is 24.8 Å². The van der Waals surface area contributed by atoms with E-state index in [2.05, 4.69) is 30.5 Å². The van der Waals surface area contributed by atoms with Crippen LogP contribution in [0.1, 0.15) is 28.5 Å². The maximum absolute atomic E-state index is 13.6. The van der Waals surface area contributed by atoms with Gasteiger partial charge in [-0.15, -0.1) is 0 Å². The molecule has 0 spiro atoms. The van der Waals surface area contributed by atoms with Gasteiger partial charge in [0.05, 0.1) is 37.0 Å². The largest absolute Gasteiger partial charge is 0.497 e. The molecule has 0 aliphatic carbocycles. The lowest BCUT2D eigenvalue weighted by Gasteiger charge is -2.27. The molecule has 4 aromatic rings. The maximum atomic E-state index is 13.6. The number of methoxy groups -OCH3 is 1. The number of carbonyl (C=O) groups excluding carboxylic acids is 1. The SMILES string of the molecule is CCNc1ncc2c(CCN3CCOCC3)n(-c3cc(NC(=O)c4cccc(C(F)(F)F)c4)cc(OC)c3)c(=O)nc2n1. The molecule has 2 aromatic heterocycles. The second kappa shape index (κ2) is 12.8. The van der Waals surface area contributed by atoms with E-state index in [0.29, 0.717) is 61.2 Å². The molecule has 0 atom stereocenters. The fourth-order valence-electron chi connectivity index (χ4n) is 4.83. The van der Waals surface area contributed by atoms with Gasteiger partial charge in [-0.05, 0) is 31.2 Å². The minimum absolute atomic E-state index is 0.177. The molecule has 1 aliphatic rings. The molecular weight excluding hydrogens is 567 g/mol. The molecule has 1 fully saturated rings. The van der Waals surface area contributed by atoms with Crippen molar-refractivity contribution in [3.05, 3.63) is 76.0 Å². The Kier molecular flexibility index (Phi) is 8.87. The molecule has 3 heterocycles. The summed E-state index contributed by atoms with van der Waals surface area (Å²) in [6.07, 6.45) is -2.53. The van der Waals surface area contributed by atoms with Crippen LogP contribution in [0.15, 0.2) is 53.5 Å². The molecule has 11 nitrogen and oxygen atoms in total. The minimum Gasteiger partial charge on any atom is -0.497 e. The van der Waals surface area contributed by atoms with Crippen LogP contribution < -0.4 is 21.1 Å². The van der Waals surface area contributed by atoms with Crippen LogP contribution in [-0.2, 0) is 17.3 Å².